The summed E-state index contributed by atoms with van der Waals surface area (Å²) in [7, 11) is 0. The first-order valence-electron chi connectivity index (χ1n) is 9.32. The highest BCUT2D eigenvalue weighted by Gasteiger charge is 2.04. The van der Waals surface area contributed by atoms with Gasteiger partial charge in [0, 0.05) is 18.1 Å². The van der Waals surface area contributed by atoms with Crippen molar-refractivity contribution in [1.29, 1.82) is 0 Å². The van der Waals surface area contributed by atoms with Gasteiger partial charge in [-0.3, -0.25) is 4.79 Å². The Bertz CT molecular complexity index is 665. The molecule has 0 bridgehead atoms. The highest BCUT2D eigenvalue weighted by atomic mass is 16.5. The molecule has 28 heavy (non-hydrogen) atoms. The Balaban J connectivity index is 4.22. The Kier molecular flexibility index (Phi) is 13.1. The van der Waals surface area contributed by atoms with Crippen molar-refractivity contribution in [2.45, 2.75) is 60.3 Å². The van der Waals surface area contributed by atoms with Gasteiger partial charge in [0.1, 0.15) is 13.2 Å². The van der Waals surface area contributed by atoms with E-state index in [1.54, 1.807) is 19.9 Å². The summed E-state index contributed by atoms with van der Waals surface area (Å²) in [4.78, 5) is 33.4. The van der Waals surface area contributed by atoms with E-state index in [9.17, 15) is 14.4 Å². The second kappa shape index (κ2) is 14.4. The molecule has 0 aromatic rings. The van der Waals surface area contributed by atoms with Crippen LogP contribution in [0.1, 0.15) is 60.3 Å². The number of allylic oxidation sites excluding steroid dienone is 4. The Morgan fingerprint density at radius 1 is 0.714 bits per heavy atom. The summed E-state index contributed by atoms with van der Waals surface area (Å²) in [6.07, 6.45) is 10.0. The molecule has 0 unspecified atom stereocenters. The molecule has 0 saturated carbocycles. The van der Waals surface area contributed by atoms with Crippen LogP contribution in [0.25, 0.3) is 0 Å². The average molecular weight is 392 g/mol. The van der Waals surface area contributed by atoms with Crippen LogP contribution >= 0.6 is 0 Å². The maximum Gasteiger partial charge on any atom is 0.333 e. The summed E-state index contributed by atoms with van der Waals surface area (Å²) in [6.45, 7) is 8.99. The van der Waals surface area contributed by atoms with Gasteiger partial charge < -0.3 is 14.6 Å². The molecule has 0 radical (unpaired) electrons. The fourth-order valence-electron chi connectivity index (χ4n) is 2.08. The third-order valence-electron chi connectivity index (χ3n) is 4.00. The van der Waals surface area contributed by atoms with E-state index in [0.717, 1.165) is 24.0 Å². The number of carboxylic acid groups (broad SMARTS) is 1. The molecule has 0 saturated heterocycles. The van der Waals surface area contributed by atoms with Gasteiger partial charge >= 0.3 is 17.9 Å². The Labute approximate surface area is 167 Å². The molecule has 6 nitrogen and oxygen atoms in total. The lowest BCUT2D eigenvalue weighted by Gasteiger charge is -2.04. The van der Waals surface area contributed by atoms with Crippen molar-refractivity contribution >= 4 is 17.9 Å². The van der Waals surface area contributed by atoms with E-state index in [2.05, 4.69) is 0 Å². The number of hydrogen-bond donors (Lipinski definition) is 1. The topological polar surface area (TPSA) is 89.9 Å². The van der Waals surface area contributed by atoms with Crippen molar-refractivity contribution in [2.24, 2.45) is 0 Å². The van der Waals surface area contributed by atoms with Crippen LogP contribution in [0, 0.1) is 0 Å². The summed E-state index contributed by atoms with van der Waals surface area (Å²) < 4.78 is 10.1. The summed E-state index contributed by atoms with van der Waals surface area (Å²) >= 11 is 0. The first-order chi connectivity index (χ1) is 13.1. The third kappa shape index (κ3) is 13.6. The molecule has 0 heterocycles. The van der Waals surface area contributed by atoms with Gasteiger partial charge in [0.2, 0.25) is 0 Å². The molecule has 0 aliphatic carbocycles. The standard InChI is InChI=1S/C22H32O6/c1-16(12-14-27-20(5)23)9-7-11-19(4)22(26)28-15-13-17(2)8-6-10-18(3)21(24)25/h10-13H,6-9,14-15H2,1-5H3,(H,24,25)/b16-12+,17-13+,18-10+,19-11+. The number of hydrogen-bond acceptors (Lipinski definition) is 5. The van der Waals surface area contributed by atoms with Gasteiger partial charge in [0.05, 0.1) is 0 Å². The summed E-state index contributed by atoms with van der Waals surface area (Å²) in [6, 6.07) is 0. The molecular formula is C22H32O6. The molecule has 0 atom stereocenters. The lowest BCUT2D eigenvalue weighted by atomic mass is 10.1. The van der Waals surface area contributed by atoms with Gasteiger partial charge in [-0.15, -0.1) is 0 Å². The van der Waals surface area contributed by atoms with Crippen LogP contribution in [0.5, 0.6) is 0 Å². The van der Waals surface area contributed by atoms with Gasteiger partial charge in [-0.1, -0.05) is 23.3 Å². The zero-order chi connectivity index (χ0) is 21.5. The van der Waals surface area contributed by atoms with Crippen LogP contribution in [0.3, 0.4) is 0 Å². The number of carbonyl (C=O) groups excluding carboxylic acids is 2. The molecule has 0 aromatic carbocycles. The van der Waals surface area contributed by atoms with Gasteiger partial charge in [0.15, 0.2) is 0 Å². The minimum absolute atomic E-state index is 0.193. The largest absolute Gasteiger partial charge is 0.478 e. The lowest BCUT2D eigenvalue weighted by molar-refractivity contribution is -0.140. The molecule has 156 valence electrons. The Morgan fingerprint density at radius 3 is 1.64 bits per heavy atom. The summed E-state index contributed by atoms with van der Waals surface area (Å²) in [5, 5.41) is 8.79. The highest BCUT2D eigenvalue weighted by Crippen LogP contribution is 2.09. The maximum atomic E-state index is 12.0. The second-order valence-electron chi connectivity index (χ2n) is 6.66. The summed E-state index contributed by atoms with van der Waals surface area (Å²) in [5.74, 6) is -1.57. The average Bonchev–Trinajstić information content (AvgIpc) is 2.60. The van der Waals surface area contributed by atoms with Crippen LogP contribution in [0.15, 0.2) is 46.6 Å². The molecule has 1 N–H and O–H groups in total. The number of carbonyl (C=O) groups is 3. The van der Waals surface area contributed by atoms with Crippen LogP contribution in [0.4, 0.5) is 0 Å². The van der Waals surface area contributed by atoms with Crippen molar-refractivity contribution in [3.05, 3.63) is 46.6 Å². The van der Waals surface area contributed by atoms with Crippen LogP contribution in [-0.2, 0) is 23.9 Å². The van der Waals surface area contributed by atoms with Gasteiger partial charge in [-0.25, -0.2) is 9.59 Å². The zero-order valence-electron chi connectivity index (χ0n) is 17.5. The minimum Gasteiger partial charge on any atom is -0.478 e. The van der Waals surface area contributed by atoms with Crippen molar-refractivity contribution in [1.82, 2.24) is 0 Å². The number of aliphatic carboxylic acids is 1. The van der Waals surface area contributed by atoms with Gasteiger partial charge in [0.25, 0.3) is 0 Å². The fraction of sp³-hybridized carbons (Fsp3) is 0.500. The SMILES string of the molecule is CC(=O)OC/C=C(\C)CC/C=C(\C)C(=O)OC/C=C(\C)CC/C=C(\C)C(=O)O. The molecule has 0 aliphatic heterocycles. The van der Waals surface area contributed by atoms with Crippen molar-refractivity contribution < 1.29 is 29.0 Å². The van der Waals surface area contributed by atoms with E-state index in [1.807, 2.05) is 32.1 Å². The molecule has 0 amide bonds. The smallest absolute Gasteiger partial charge is 0.333 e. The molecule has 0 spiro atoms. The Hall–Kier alpha value is -2.63. The van der Waals surface area contributed by atoms with Crippen molar-refractivity contribution in [3.63, 3.8) is 0 Å². The highest BCUT2D eigenvalue weighted by molar-refractivity contribution is 5.87. The maximum absolute atomic E-state index is 12.0. The molecule has 0 rings (SSSR count). The van der Waals surface area contributed by atoms with E-state index in [1.165, 1.54) is 6.92 Å². The number of ether oxygens (including phenoxy) is 2. The van der Waals surface area contributed by atoms with E-state index in [-0.39, 0.29) is 25.2 Å². The normalized spacial score (nSPS) is 13.3. The molecule has 6 heteroatoms. The van der Waals surface area contributed by atoms with Crippen LogP contribution in [-0.4, -0.2) is 36.2 Å². The van der Waals surface area contributed by atoms with E-state index in [0.29, 0.717) is 24.0 Å². The first-order valence-corrected chi connectivity index (χ1v) is 9.32. The number of rotatable bonds is 12. The zero-order valence-corrected chi connectivity index (χ0v) is 17.5. The van der Waals surface area contributed by atoms with Crippen molar-refractivity contribution in [3.8, 4) is 0 Å². The lowest BCUT2D eigenvalue weighted by Crippen LogP contribution is -2.06. The Morgan fingerprint density at radius 2 is 1.18 bits per heavy atom. The fourth-order valence-corrected chi connectivity index (χ4v) is 2.08. The van der Waals surface area contributed by atoms with E-state index >= 15 is 0 Å². The van der Waals surface area contributed by atoms with Crippen molar-refractivity contribution in [2.75, 3.05) is 13.2 Å². The van der Waals surface area contributed by atoms with Gasteiger partial charge in [-0.05, 0) is 65.5 Å². The third-order valence-corrected chi connectivity index (χ3v) is 4.00. The van der Waals surface area contributed by atoms with Crippen LogP contribution in [0.2, 0.25) is 0 Å². The monoisotopic (exact) mass is 392 g/mol. The summed E-state index contributed by atoms with van der Waals surface area (Å²) in [5.41, 5.74) is 3.01. The first kappa shape index (κ1) is 25.4. The van der Waals surface area contributed by atoms with E-state index < -0.39 is 5.97 Å². The second-order valence-corrected chi connectivity index (χ2v) is 6.66. The predicted octanol–water partition coefficient (Wildman–Crippen LogP) is 4.52. The quantitative estimate of drug-likeness (QED) is 0.298. The molecule has 0 fully saturated rings. The van der Waals surface area contributed by atoms with Crippen LogP contribution < -0.4 is 0 Å². The number of carboxylic acids is 1. The van der Waals surface area contributed by atoms with E-state index in [4.69, 9.17) is 14.6 Å². The van der Waals surface area contributed by atoms with Gasteiger partial charge in [-0.2, -0.15) is 0 Å². The molecule has 0 aliphatic rings. The molecule has 0 aromatic heterocycles. The number of esters is 2. The molecular weight excluding hydrogens is 360 g/mol. The minimum atomic E-state index is -0.909. The predicted molar refractivity (Wildman–Crippen MR) is 109 cm³/mol.